The molecule has 0 spiro atoms. The van der Waals surface area contributed by atoms with E-state index >= 15 is 0 Å². The Labute approximate surface area is 153 Å². The zero-order chi connectivity index (χ0) is 19.1. The lowest BCUT2D eigenvalue weighted by atomic mass is 9.89. The molecule has 8 heteroatoms. The number of aliphatic carboxylic acids is 1. The first-order chi connectivity index (χ1) is 13.0. The lowest BCUT2D eigenvalue weighted by Gasteiger charge is -2.16. The van der Waals surface area contributed by atoms with Gasteiger partial charge < -0.3 is 10.0 Å². The SMILES string of the molecule is Cc1cc(C(=O)N2C[C@H](C(=O)O)[C@@H](c3ccccc3)C2)nc2[nH][nH]c(=O)c12. The smallest absolute Gasteiger partial charge is 0.308 e. The van der Waals surface area contributed by atoms with Crippen molar-refractivity contribution >= 4 is 22.9 Å². The van der Waals surface area contributed by atoms with Crippen LogP contribution in [0.2, 0.25) is 0 Å². The number of carbonyl (C=O) groups excluding carboxylic acids is 1. The molecule has 1 aliphatic heterocycles. The number of nitrogens with one attached hydrogen (secondary N) is 2. The molecule has 2 aromatic heterocycles. The van der Waals surface area contributed by atoms with E-state index in [1.54, 1.807) is 13.0 Å². The third-order valence-corrected chi connectivity index (χ3v) is 5.11. The van der Waals surface area contributed by atoms with Gasteiger partial charge in [-0.05, 0) is 24.1 Å². The van der Waals surface area contributed by atoms with Crippen molar-refractivity contribution < 1.29 is 14.7 Å². The van der Waals surface area contributed by atoms with Crippen molar-refractivity contribution in [3.05, 3.63) is 63.6 Å². The summed E-state index contributed by atoms with van der Waals surface area (Å²) in [5.41, 5.74) is 1.75. The Bertz CT molecular complexity index is 1090. The third kappa shape index (κ3) is 2.88. The van der Waals surface area contributed by atoms with Crippen LogP contribution >= 0.6 is 0 Å². The highest BCUT2D eigenvalue weighted by molar-refractivity contribution is 5.96. The van der Waals surface area contributed by atoms with E-state index < -0.39 is 11.9 Å². The van der Waals surface area contributed by atoms with Gasteiger partial charge in [-0.1, -0.05) is 30.3 Å². The van der Waals surface area contributed by atoms with Crippen molar-refractivity contribution in [1.82, 2.24) is 20.1 Å². The van der Waals surface area contributed by atoms with Gasteiger partial charge in [-0.2, -0.15) is 0 Å². The molecule has 1 amide bonds. The predicted molar refractivity (Wildman–Crippen MR) is 97.7 cm³/mol. The zero-order valence-corrected chi connectivity index (χ0v) is 14.6. The molecule has 1 aliphatic rings. The summed E-state index contributed by atoms with van der Waals surface area (Å²) >= 11 is 0. The molecule has 1 aromatic carbocycles. The van der Waals surface area contributed by atoms with Gasteiger partial charge in [0.15, 0.2) is 5.65 Å². The van der Waals surface area contributed by atoms with Crippen molar-refractivity contribution in [2.24, 2.45) is 5.92 Å². The Morgan fingerprint density at radius 2 is 1.93 bits per heavy atom. The van der Waals surface area contributed by atoms with Gasteiger partial charge in [-0.15, -0.1) is 0 Å². The molecular formula is C19H18N4O4. The highest BCUT2D eigenvalue weighted by Gasteiger charge is 2.41. The molecule has 1 fully saturated rings. The highest BCUT2D eigenvalue weighted by atomic mass is 16.4. The lowest BCUT2D eigenvalue weighted by Crippen LogP contribution is -2.30. The molecule has 3 heterocycles. The maximum absolute atomic E-state index is 13.0. The standard InChI is InChI=1S/C19H18N4O4/c1-10-7-14(20-16-15(10)17(24)22-21-16)18(25)23-8-12(13(9-23)19(26)27)11-5-3-2-4-6-11/h2-7,12-13H,8-9H2,1H3,(H,26,27)(H2,20,21,22,24)/t12-,13+/m1/s1. The van der Waals surface area contributed by atoms with Crippen LogP contribution in [0, 0.1) is 12.8 Å². The molecule has 0 saturated carbocycles. The summed E-state index contributed by atoms with van der Waals surface area (Å²) in [5.74, 6) is -2.21. The summed E-state index contributed by atoms with van der Waals surface area (Å²) in [6, 6.07) is 10.9. The fourth-order valence-electron chi connectivity index (χ4n) is 3.76. The van der Waals surface area contributed by atoms with Crippen molar-refractivity contribution in [2.45, 2.75) is 12.8 Å². The fraction of sp³-hybridized carbons (Fsp3) is 0.263. The van der Waals surface area contributed by atoms with Crippen molar-refractivity contribution in [1.29, 1.82) is 0 Å². The second-order valence-electron chi connectivity index (χ2n) is 6.80. The van der Waals surface area contributed by atoms with Crippen LogP contribution in [0.1, 0.15) is 27.5 Å². The number of pyridine rings is 1. The molecule has 4 rings (SSSR count). The van der Waals surface area contributed by atoms with E-state index in [2.05, 4.69) is 15.2 Å². The average Bonchev–Trinajstić information content (AvgIpc) is 3.26. The first-order valence-corrected chi connectivity index (χ1v) is 8.60. The summed E-state index contributed by atoms with van der Waals surface area (Å²) in [6.45, 7) is 2.17. The Balaban J connectivity index is 1.66. The highest BCUT2D eigenvalue weighted by Crippen LogP contribution is 2.33. The van der Waals surface area contributed by atoms with Gasteiger partial charge in [0.2, 0.25) is 0 Å². The van der Waals surface area contributed by atoms with Gasteiger partial charge in [0.1, 0.15) is 5.69 Å². The Morgan fingerprint density at radius 3 is 2.63 bits per heavy atom. The van der Waals surface area contributed by atoms with Gasteiger partial charge in [0, 0.05) is 19.0 Å². The molecule has 27 heavy (non-hydrogen) atoms. The molecule has 1 saturated heterocycles. The van der Waals surface area contributed by atoms with Crippen LogP contribution in [0.4, 0.5) is 0 Å². The number of aromatic amines is 2. The van der Waals surface area contributed by atoms with E-state index in [1.165, 1.54) is 4.90 Å². The molecule has 8 nitrogen and oxygen atoms in total. The van der Waals surface area contributed by atoms with Gasteiger partial charge in [0.25, 0.3) is 11.5 Å². The number of hydrogen-bond acceptors (Lipinski definition) is 4. The molecule has 3 aromatic rings. The van der Waals surface area contributed by atoms with Crippen molar-refractivity contribution in [3.8, 4) is 0 Å². The van der Waals surface area contributed by atoms with Gasteiger partial charge in [-0.3, -0.25) is 24.6 Å². The molecule has 0 unspecified atom stereocenters. The van der Waals surface area contributed by atoms with Crippen molar-refractivity contribution in [2.75, 3.05) is 13.1 Å². The summed E-state index contributed by atoms with van der Waals surface area (Å²) in [4.78, 5) is 42.2. The number of H-pyrrole nitrogens is 2. The number of carbonyl (C=O) groups is 2. The van der Waals surface area contributed by atoms with Crippen LogP contribution in [0.15, 0.2) is 41.2 Å². The molecule has 3 N–H and O–H groups in total. The second-order valence-corrected chi connectivity index (χ2v) is 6.80. The minimum atomic E-state index is -0.922. The third-order valence-electron chi connectivity index (χ3n) is 5.11. The van der Waals surface area contributed by atoms with E-state index in [4.69, 9.17) is 0 Å². The summed E-state index contributed by atoms with van der Waals surface area (Å²) in [5, 5.41) is 15.1. The van der Waals surface area contributed by atoms with Crippen molar-refractivity contribution in [3.63, 3.8) is 0 Å². The van der Waals surface area contributed by atoms with E-state index in [-0.39, 0.29) is 29.6 Å². The topological polar surface area (TPSA) is 119 Å². The number of carboxylic acids is 1. The van der Waals surface area contributed by atoms with E-state index in [0.29, 0.717) is 23.1 Å². The molecule has 0 aliphatic carbocycles. The van der Waals surface area contributed by atoms with Gasteiger partial charge in [0.05, 0.1) is 11.3 Å². The first-order valence-electron chi connectivity index (χ1n) is 8.60. The number of fused-ring (bicyclic) bond motifs is 1. The molecule has 0 bridgehead atoms. The number of aromatic nitrogens is 3. The number of hydrogen-bond donors (Lipinski definition) is 3. The van der Waals surface area contributed by atoms with Gasteiger partial charge >= 0.3 is 5.97 Å². The van der Waals surface area contributed by atoms with Crippen LogP contribution < -0.4 is 5.56 Å². The molecule has 138 valence electrons. The maximum atomic E-state index is 13.0. The lowest BCUT2D eigenvalue weighted by molar-refractivity contribution is -0.141. The Kier molecular flexibility index (Phi) is 4.02. The minimum absolute atomic E-state index is 0.121. The number of nitrogens with zero attached hydrogens (tertiary/aromatic N) is 2. The number of rotatable bonds is 3. The monoisotopic (exact) mass is 366 g/mol. The van der Waals surface area contributed by atoms with E-state index in [9.17, 15) is 19.5 Å². The largest absolute Gasteiger partial charge is 0.481 e. The predicted octanol–water partition coefficient (Wildman–Crippen LogP) is 1.50. The second kappa shape index (κ2) is 6.39. The summed E-state index contributed by atoms with van der Waals surface area (Å²) in [7, 11) is 0. The number of carboxylic acid groups (broad SMARTS) is 1. The van der Waals surface area contributed by atoms with Crippen LogP contribution in [0.3, 0.4) is 0 Å². The van der Waals surface area contributed by atoms with E-state index in [1.807, 2.05) is 30.3 Å². The van der Waals surface area contributed by atoms with Crippen LogP contribution in [0.5, 0.6) is 0 Å². The fourth-order valence-corrected chi connectivity index (χ4v) is 3.76. The van der Waals surface area contributed by atoms with Crippen LogP contribution in [-0.4, -0.2) is 50.2 Å². The zero-order valence-electron chi connectivity index (χ0n) is 14.6. The normalized spacial score (nSPS) is 19.5. The Morgan fingerprint density at radius 1 is 1.19 bits per heavy atom. The van der Waals surface area contributed by atoms with Gasteiger partial charge in [-0.25, -0.2) is 4.98 Å². The number of benzene rings is 1. The summed E-state index contributed by atoms with van der Waals surface area (Å²) < 4.78 is 0. The molecule has 2 atom stereocenters. The van der Waals surface area contributed by atoms with E-state index in [0.717, 1.165) is 5.56 Å². The average molecular weight is 366 g/mol. The maximum Gasteiger partial charge on any atom is 0.308 e. The molecular weight excluding hydrogens is 348 g/mol. The number of amides is 1. The van der Waals surface area contributed by atoms with Crippen LogP contribution in [0.25, 0.3) is 11.0 Å². The summed E-state index contributed by atoms with van der Waals surface area (Å²) in [6.07, 6.45) is 0. The number of aryl methyl sites for hydroxylation is 1. The minimum Gasteiger partial charge on any atom is -0.481 e. The Hall–Kier alpha value is -3.42. The first kappa shape index (κ1) is 17.0. The van der Waals surface area contributed by atoms with Crippen LogP contribution in [-0.2, 0) is 4.79 Å². The molecule has 0 radical (unpaired) electrons. The quantitative estimate of drug-likeness (QED) is 0.649. The number of likely N-dealkylation sites (tertiary alicyclic amines) is 1.